The number of para-hydroxylation sites is 1. The second kappa shape index (κ2) is 6.47. The molecule has 0 bridgehead atoms. The molecule has 0 heterocycles. The molecular weight excluding hydrogens is 246 g/mol. The van der Waals surface area contributed by atoms with Crippen molar-refractivity contribution in [2.45, 2.75) is 25.7 Å². The van der Waals surface area contributed by atoms with Crippen LogP contribution in [0.4, 0.5) is 5.69 Å². The van der Waals surface area contributed by atoms with Crippen molar-refractivity contribution in [2.24, 2.45) is 0 Å². The van der Waals surface area contributed by atoms with Crippen LogP contribution in [0, 0.1) is 0 Å². The lowest BCUT2D eigenvalue weighted by molar-refractivity contribution is 0.314. The third kappa shape index (κ3) is 3.32. The van der Waals surface area contributed by atoms with Gasteiger partial charge in [0.05, 0.1) is 6.61 Å². The largest absolute Gasteiger partial charge is 0.494 e. The predicted molar refractivity (Wildman–Crippen MR) is 83.5 cm³/mol. The summed E-state index contributed by atoms with van der Waals surface area (Å²) >= 11 is 0. The number of anilines is 1. The molecule has 1 aliphatic rings. The number of rotatable bonds is 6. The van der Waals surface area contributed by atoms with Crippen LogP contribution in [-0.2, 0) is 12.8 Å². The summed E-state index contributed by atoms with van der Waals surface area (Å²) in [5.74, 6) is 1.02. The maximum absolute atomic E-state index is 5.83. The predicted octanol–water partition coefficient (Wildman–Crippen LogP) is 4.06. The van der Waals surface area contributed by atoms with Gasteiger partial charge in [-0.2, -0.15) is 0 Å². The van der Waals surface area contributed by atoms with Crippen molar-refractivity contribution in [3.05, 3.63) is 59.7 Å². The molecule has 1 N–H and O–H groups in total. The van der Waals surface area contributed by atoms with Crippen LogP contribution < -0.4 is 10.1 Å². The Morgan fingerprint density at radius 1 is 0.950 bits per heavy atom. The fourth-order valence-electron chi connectivity index (χ4n) is 2.69. The van der Waals surface area contributed by atoms with Crippen LogP contribution in [0.15, 0.2) is 48.5 Å². The van der Waals surface area contributed by atoms with Gasteiger partial charge in [-0.1, -0.05) is 24.3 Å². The Kier molecular flexibility index (Phi) is 4.22. The van der Waals surface area contributed by atoms with Crippen LogP contribution in [-0.4, -0.2) is 13.2 Å². The fourth-order valence-corrected chi connectivity index (χ4v) is 2.69. The minimum atomic E-state index is 0.763. The van der Waals surface area contributed by atoms with Crippen LogP contribution in [0.1, 0.15) is 24.0 Å². The quantitative estimate of drug-likeness (QED) is 0.797. The summed E-state index contributed by atoms with van der Waals surface area (Å²) in [6.45, 7) is 1.70. The van der Waals surface area contributed by atoms with Crippen LogP contribution in [0.2, 0.25) is 0 Å². The SMILES string of the molecule is c1ccc(NCCCOc2ccc3c(c2)CCC3)cc1. The zero-order chi connectivity index (χ0) is 13.6. The number of ether oxygens (including phenoxy) is 1. The van der Waals surface area contributed by atoms with Gasteiger partial charge in [-0.25, -0.2) is 0 Å². The molecule has 0 aliphatic heterocycles. The van der Waals surface area contributed by atoms with Crippen LogP contribution in [0.3, 0.4) is 0 Å². The monoisotopic (exact) mass is 267 g/mol. The fraction of sp³-hybridized carbons (Fsp3) is 0.333. The van der Waals surface area contributed by atoms with E-state index in [1.165, 1.54) is 36.1 Å². The first kappa shape index (κ1) is 13.0. The van der Waals surface area contributed by atoms with Crippen molar-refractivity contribution in [3.63, 3.8) is 0 Å². The highest BCUT2D eigenvalue weighted by molar-refractivity contribution is 5.42. The highest BCUT2D eigenvalue weighted by Gasteiger charge is 2.10. The molecule has 104 valence electrons. The molecule has 1 aliphatic carbocycles. The third-order valence-corrected chi connectivity index (χ3v) is 3.76. The molecule has 0 aromatic heterocycles. The molecule has 2 aromatic rings. The molecule has 0 saturated carbocycles. The van der Waals surface area contributed by atoms with Crippen molar-refractivity contribution < 1.29 is 4.74 Å². The molecule has 20 heavy (non-hydrogen) atoms. The Hall–Kier alpha value is -1.96. The smallest absolute Gasteiger partial charge is 0.119 e. The molecular formula is C18H21NO. The van der Waals surface area contributed by atoms with Crippen molar-refractivity contribution >= 4 is 5.69 Å². The first-order chi connectivity index (χ1) is 9.92. The van der Waals surface area contributed by atoms with E-state index in [1.54, 1.807) is 0 Å². The Morgan fingerprint density at radius 2 is 1.80 bits per heavy atom. The molecule has 0 amide bonds. The lowest BCUT2D eigenvalue weighted by Gasteiger charge is -2.09. The number of nitrogens with one attached hydrogen (secondary N) is 1. The van der Waals surface area contributed by atoms with Gasteiger partial charge in [0.2, 0.25) is 0 Å². The van der Waals surface area contributed by atoms with Gasteiger partial charge in [0.15, 0.2) is 0 Å². The lowest BCUT2D eigenvalue weighted by atomic mass is 10.1. The van der Waals surface area contributed by atoms with E-state index in [0.717, 1.165) is 25.3 Å². The first-order valence-corrected chi connectivity index (χ1v) is 7.45. The van der Waals surface area contributed by atoms with E-state index in [9.17, 15) is 0 Å². The molecule has 0 atom stereocenters. The molecule has 0 saturated heterocycles. The van der Waals surface area contributed by atoms with Gasteiger partial charge in [-0.3, -0.25) is 0 Å². The van der Waals surface area contributed by atoms with Gasteiger partial charge < -0.3 is 10.1 Å². The number of hydrogen-bond acceptors (Lipinski definition) is 2. The summed E-state index contributed by atoms with van der Waals surface area (Å²) in [4.78, 5) is 0. The molecule has 3 rings (SSSR count). The van der Waals surface area contributed by atoms with Crippen LogP contribution >= 0.6 is 0 Å². The minimum absolute atomic E-state index is 0.763. The minimum Gasteiger partial charge on any atom is -0.494 e. The lowest BCUT2D eigenvalue weighted by Crippen LogP contribution is -2.07. The average molecular weight is 267 g/mol. The zero-order valence-corrected chi connectivity index (χ0v) is 11.8. The van der Waals surface area contributed by atoms with Gasteiger partial charge in [0.25, 0.3) is 0 Å². The number of benzene rings is 2. The molecule has 2 heteroatoms. The van der Waals surface area contributed by atoms with E-state index in [2.05, 4.69) is 35.6 Å². The molecule has 0 radical (unpaired) electrons. The van der Waals surface area contributed by atoms with Crippen LogP contribution in [0.25, 0.3) is 0 Å². The highest BCUT2D eigenvalue weighted by atomic mass is 16.5. The van der Waals surface area contributed by atoms with Gasteiger partial charge in [0.1, 0.15) is 5.75 Å². The van der Waals surface area contributed by atoms with Crippen molar-refractivity contribution in [3.8, 4) is 5.75 Å². The van der Waals surface area contributed by atoms with Gasteiger partial charge in [-0.15, -0.1) is 0 Å². The van der Waals surface area contributed by atoms with E-state index in [4.69, 9.17) is 4.74 Å². The summed E-state index contributed by atoms with van der Waals surface area (Å²) < 4.78 is 5.83. The molecule has 0 unspecified atom stereocenters. The molecule has 2 nitrogen and oxygen atoms in total. The Labute approximate surface area is 120 Å². The third-order valence-electron chi connectivity index (χ3n) is 3.76. The molecule has 0 fully saturated rings. The Bertz CT molecular complexity index is 551. The topological polar surface area (TPSA) is 21.3 Å². The molecule has 0 spiro atoms. The number of fused-ring (bicyclic) bond motifs is 1. The number of aryl methyl sites for hydroxylation is 2. The Balaban J connectivity index is 1.40. The van der Waals surface area contributed by atoms with Gasteiger partial charge in [0, 0.05) is 12.2 Å². The Morgan fingerprint density at radius 3 is 2.70 bits per heavy atom. The van der Waals surface area contributed by atoms with Gasteiger partial charge in [-0.05, 0) is 61.1 Å². The van der Waals surface area contributed by atoms with Crippen LogP contribution in [0.5, 0.6) is 5.75 Å². The summed E-state index contributed by atoms with van der Waals surface area (Å²) in [5, 5.41) is 3.39. The highest BCUT2D eigenvalue weighted by Crippen LogP contribution is 2.26. The molecule has 2 aromatic carbocycles. The van der Waals surface area contributed by atoms with E-state index < -0.39 is 0 Å². The maximum Gasteiger partial charge on any atom is 0.119 e. The van der Waals surface area contributed by atoms with E-state index >= 15 is 0 Å². The van der Waals surface area contributed by atoms with Crippen molar-refractivity contribution in [2.75, 3.05) is 18.5 Å². The number of hydrogen-bond donors (Lipinski definition) is 1. The second-order valence-electron chi connectivity index (χ2n) is 5.28. The second-order valence-corrected chi connectivity index (χ2v) is 5.28. The summed E-state index contributed by atoms with van der Waals surface area (Å²) in [7, 11) is 0. The van der Waals surface area contributed by atoms with Crippen molar-refractivity contribution in [1.29, 1.82) is 0 Å². The van der Waals surface area contributed by atoms with E-state index in [-0.39, 0.29) is 0 Å². The normalized spacial score (nSPS) is 13.0. The van der Waals surface area contributed by atoms with E-state index in [1.807, 2.05) is 18.2 Å². The zero-order valence-electron chi connectivity index (χ0n) is 11.8. The maximum atomic E-state index is 5.83. The van der Waals surface area contributed by atoms with Crippen molar-refractivity contribution in [1.82, 2.24) is 0 Å². The standard InChI is InChI=1S/C18H21NO/c1-2-8-17(9-3-1)19-12-5-13-20-18-11-10-15-6-4-7-16(15)14-18/h1-3,8-11,14,19H,4-7,12-13H2. The first-order valence-electron chi connectivity index (χ1n) is 7.45. The average Bonchev–Trinajstić information content (AvgIpc) is 2.95. The van der Waals surface area contributed by atoms with Gasteiger partial charge >= 0.3 is 0 Å². The summed E-state index contributed by atoms with van der Waals surface area (Å²) in [5.41, 5.74) is 4.15. The summed E-state index contributed by atoms with van der Waals surface area (Å²) in [6.07, 6.45) is 4.74. The summed E-state index contributed by atoms with van der Waals surface area (Å²) in [6, 6.07) is 16.8. The van der Waals surface area contributed by atoms with E-state index in [0.29, 0.717) is 0 Å².